The van der Waals surface area contributed by atoms with E-state index in [-0.39, 0.29) is 0 Å². The summed E-state index contributed by atoms with van der Waals surface area (Å²) in [6.07, 6.45) is 2.09. The van der Waals surface area contributed by atoms with Crippen LogP contribution in [-0.4, -0.2) is 11.6 Å². The van der Waals surface area contributed by atoms with Gasteiger partial charge in [-0.05, 0) is 5.56 Å². The van der Waals surface area contributed by atoms with E-state index >= 15 is 0 Å². The third-order valence-corrected chi connectivity index (χ3v) is 2.97. The van der Waals surface area contributed by atoms with Gasteiger partial charge in [0.05, 0.1) is 0 Å². The fourth-order valence-corrected chi connectivity index (χ4v) is 2.06. The molecule has 0 spiro atoms. The van der Waals surface area contributed by atoms with Crippen LogP contribution in [0, 0.1) is 0 Å². The number of benzene rings is 2. The van der Waals surface area contributed by atoms with Gasteiger partial charge in [-0.25, -0.2) is 0 Å². The van der Waals surface area contributed by atoms with Crippen molar-refractivity contribution in [3.63, 3.8) is 0 Å². The maximum Gasteiger partial charge on any atom is 0.161 e. The van der Waals surface area contributed by atoms with Gasteiger partial charge in [-0.15, -0.1) is 0 Å². The molecule has 1 aliphatic heterocycles. The molecule has 2 heteroatoms. The predicted octanol–water partition coefficient (Wildman–Crippen LogP) is 3.47. The van der Waals surface area contributed by atoms with Gasteiger partial charge in [0, 0.05) is 18.3 Å². The molecule has 90 valence electrons. The van der Waals surface area contributed by atoms with Gasteiger partial charge in [0.15, 0.2) is 6.73 Å². The maximum absolute atomic E-state index is 5.71. The summed E-state index contributed by atoms with van der Waals surface area (Å²) in [5, 5.41) is 0. The Bertz CT molecular complexity index is 534. The number of ether oxygens (including phenoxy) is 1. The molecule has 2 aromatic carbocycles. The summed E-state index contributed by atoms with van der Waals surface area (Å²) in [7, 11) is 0. The van der Waals surface area contributed by atoms with Crippen LogP contribution in [0.4, 0.5) is 0 Å². The minimum Gasteiger partial charge on any atom is -0.471 e. The van der Waals surface area contributed by atoms with E-state index in [0.717, 1.165) is 17.9 Å². The molecule has 0 radical (unpaired) electrons. The van der Waals surface area contributed by atoms with Crippen LogP contribution in [0.1, 0.15) is 11.1 Å². The molecule has 2 nitrogen and oxygen atoms in total. The second kappa shape index (κ2) is 4.96. The standard InChI is InChI=1S/C16H15NO/c1-3-7-14(8-4-1)11-17-12-16(18-13-17)15-9-5-2-6-10-15/h1-10,12H,11,13H2. The van der Waals surface area contributed by atoms with Gasteiger partial charge in [-0.2, -0.15) is 0 Å². The van der Waals surface area contributed by atoms with Crippen molar-refractivity contribution in [2.24, 2.45) is 0 Å². The Hall–Kier alpha value is -2.22. The molecular weight excluding hydrogens is 222 g/mol. The fourth-order valence-electron chi connectivity index (χ4n) is 2.06. The SMILES string of the molecule is C1=C(c2ccccc2)OCN1Cc1ccccc1. The van der Waals surface area contributed by atoms with E-state index in [1.165, 1.54) is 5.56 Å². The van der Waals surface area contributed by atoms with Gasteiger partial charge in [-0.3, -0.25) is 0 Å². The third kappa shape index (κ3) is 2.38. The lowest BCUT2D eigenvalue weighted by Gasteiger charge is -2.12. The van der Waals surface area contributed by atoms with Gasteiger partial charge in [0.2, 0.25) is 0 Å². The van der Waals surface area contributed by atoms with E-state index in [0.29, 0.717) is 6.73 Å². The monoisotopic (exact) mass is 237 g/mol. The van der Waals surface area contributed by atoms with Crippen LogP contribution in [0.3, 0.4) is 0 Å². The summed E-state index contributed by atoms with van der Waals surface area (Å²) in [6.45, 7) is 1.51. The largest absolute Gasteiger partial charge is 0.471 e. The number of hydrogen-bond donors (Lipinski definition) is 0. The van der Waals surface area contributed by atoms with Crippen molar-refractivity contribution in [1.82, 2.24) is 4.90 Å². The molecule has 1 heterocycles. The summed E-state index contributed by atoms with van der Waals surface area (Å²) < 4.78 is 5.71. The van der Waals surface area contributed by atoms with Crippen LogP contribution in [0.25, 0.3) is 5.76 Å². The highest BCUT2D eigenvalue weighted by atomic mass is 16.5. The van der Waals surface area contributed by atoms with Crippen molar-refractivity contribution in [1.29, 1.82) is 0 Å². The van der Waals surface area contributed by atoms with Crippen molar-refractivity contribution in [3.8, 4) is 0 Å². The van der Waals surface area contributed by atoms with Gasteiger partial charge < -0.3 is 9.64 Å². The first-order valence-electron chi connectivity index (χ1n) is 6.10. The molecule has 0 saturated carbocycles. The van der Waals surface area contributed by atoms with Crippen molar-refractivity contribution in [2.75, 3.05) is 6.73 Å². The zero-order valence-corrected chi connectivity index (χ0v) is 10.1. The summed E-state index contributed by atoms with van der Waals surface area (Å²) in [6, 6.07) is 20.6. The molecule has 0 atom stereocenters. The number of hydrogen-bond acceptors (Lipinski definition) is 2. The molecule has 0 aromatic heterocycles. The molecular formula is C16H15NO. The van der Waals surface area contributed by atoms with Gasteiger partial charge in [0.25, 0.3) is 0 Å². The molecule has 2 aromatic rings. The lowest BCUT2D eigenvalue weighted by Crippen LogP contribution is -2.14. The smallest absolute Gasteiger partial charge is 0.161 e. The molecule has 0 amide bonds. The Balaban J connectivity index is 1.73. The van der Waals surface area contributed by atoms with E-state index in [1.54, 1.807) is 0 Å². The van der Waals surface area contributed by atoms with E-state index < -0.39 is 0 Å². The lowest BCUT2D eigenvalue weighted by molar-refractivity contribution is 0.179. The number of nitrogens with zero attached hydrogens (tertiary/aromatic N) is 1. The Labute approximate surface area is 107 Å². The first-order valence-corrected chi connectivity index (χ1v) is 6.10. The average molecular weight is 237 g/mol. The second-order valence-corrected chi connectivity index (χ2v) is 4.37. The zero-order chi connectivity index (χ0) is 12.2. The van der Waals surface area contributed by atoms with Crippen LogP contribution in [0.2, 0.25) is 0 Å². The van der Waals surface area contributed by atoms with Crippen molar-refractivity contribution < 1.29 is 4.74 Å². The molecule has 0 bridgehead atoms. The van der Waals surface area contributed by atoms with Crippen molar-refractivity contribution in [2.45, 2.75) is 6.54 Å². The second-order valence-electron chi connectivity index (χ2n) is 4.37. The van der Waals surface area contributed by atoms with E-state index in [9.17, 15) is 0 Å². The van der Waals surface area contributed by atoms with Crippen LogP contribution < -0.4 is 0 Å². The van der Waals surface area contributed by atoms with Crippen molar-refractivity contribution >= 4 is 5.76 Å². The summed E-state index contributed by atoms with van der Waals surface area (Å²) in [5.74, 6) is 0.950. The molecule has 3 rings (SSSR count). The Morgan fingerprint density at radius 1 is 0.889 bits per heavy atom. The fraction of sp³-hybridized carbons (Fsp3) is 0.125. The topological polar surface area (TPSA) is 12.5 Å². The first kappa shape index (κ1) is 10.9. The normalized spacial score (nSPS) is 14.2. The Kier molecular flexibility index (Phi) is 3.01. The first-order chi connectivity index (χ1) is 8.92. The number of rotatable bonds is 3. The van der Waals surface area contributed by atoms with Crippen LogP contribution >= 0.6 is 0 Å². The molecule has 1 aliphatic rings. The minimum atomic E-state index is 0.624. The summed E-state index contributed by atoms with van der Waals surface area (Å²) >= 11 is 0. The highest BCUT2D eigenvalue weighted by molar-refractivity contribution is 5.60. The average Bonchev–Trinajstić information content (AvgIpc) is 2.89. The Morgan fingerprint density at radius 2 is 1.56 bits per heavy atom. The predicted molar refractivity (Wildman–Crippen MR) is 72.4 cm³/mol. The van der Waals surface area contributed by atoms with Crippen LogP contribution in [0.15, 0.2) is 66.9 Å². The van der Waals surface area contributed by atoms with Gasteiger partial charge in [-0.1, -0.05) is 60.7 Å². The lowest BCUT2D eigenvalue weighted by atomic mass is 10.2. The van der Waals surface area contributed by atoms with Gasteiger partial charge in [0.1, 0.15) is 5.76 Å². The van der Waals surface area contributed by atoms with Crippen LogP contribution in [-0.2, 0) is 11.3 Å². The van der Waals surface area contributed by atoms with E-state index in [4.69, 9.17) is 4.74 Å². The van der Waals surface area contributed by atoms with E-state index in [1.807, 2.05) is 24.3 Å². The highest BCUT2D eigenvalue weighted by Crippen LogP contribution is 2.23. The molecule has 0 N–H and O–H groups in total. The summed E-state index contributed by atoms with van der Waals surface area (Å²) in [4.78, 5) is 2.18. The Morgan fingerprint density at radius 3 is 2.28 bits per heavy atom. The zero-order valence-electron chi connectivity index (χ0n) is 10.1. The molecule has 18 heavy (non-hydrogen) atoms. The van der Waals surface area contributed by atoms with Crippen LogP contribution in [0.5, 0.6) is 0 Å². The molecule has 0 fully saturated rings. The molecule has 0 saturated heterocycles. The van der Waals surface area contributed by atoms with Crippen molar-refractivity contribution in [3.05, 3.63) is 78.0 Å². The summed E-state index contributed by atoms with van der Waals surface area (Å²) in [5.41, 5.74) is 2.43. The van der Waals surface area contributed by atoms with E-state index in [2.05, 4.69) is 47.5 Å². The molecule has 0 aliphatic carbocycles. The minimum absolute atomic E-state index is 0.624. The van der Waals surface area contributed by atoms with Gasteiger partial charge >= 0.3 is 0 Å². The maximum atomic E-state index is 5.71. The third-order valence-electron chi connectivity index (χ3n) is 2.97. The quantitative estimate of drug-likeness (QED) is 0.810. The highest BCUT2D eigenvalue weighted by Gasteiger charge is 2.14. The molecule has 0 unspecified atom stereocenters.